The Labute approximate surface area is 192 Å². The highest BCUT2D eigenvalue weighted by Crippen LogP contribution is 2.39. The molecule has 0 saturated carbocycles. The topological polar surface area (TPSA) is 58.6 Å². The molecule has 0 atom stereocenters. The predicted octanol–water partition coefficient (Wildman–Crippen LogP) is 4.77. The van der Waals surface area contributed by atoms with Crippen LogP contribution in [0.3, 0.4) is 0 Å². The summed E-state index contributed by atoms with van der Waals surface area (Å²) in [6, 6.07) is 11.1. The summed E-state index contributed by atoms with van der Waals surface area (Å²) in [4.78, 5) is 26.9. The lowest BCUT2D eigenvalue weighted by Gasteiger charge is -2.38. The first-order valence-corrected chi connectivity index (χ1v) is 11.4. The minimum Gasteiger partial charge on any atom is -0.381 e. The van der Waals surface area contributed by atoms with Crippen molar-refractivity contribution in [2.45, 2.75) is 38.0 Å². The smallest absolute Gasteiger partial charge is 0.251 e. The molecular weight excluding hydrogens is 435 g/mol. The van der Waals surface area contributed by atoms with Gasteiger partial charge in [-0.3, -0.25) is 9.59 Å². The van der Waals surface area contributed by atoms with Gasteiger partial charge in [-0.25, -0.2) is 0 Å². The molecule has 0 unspecified atom stereocenters. The van der Waals surface area contributed by atoms with Crippen molar-refractivity contribution in [3.8, 4) is 0 Å². The second kappa shape index (κ2) is 9.19. The highest BCUT2D eigenvalue weighted by Gasteiger charge is 2.36. The number of rotatable bonds is 5. The molecule has 5 nitrogen and oxygen atoms in total. The van der Waals surface area contributed by atoms with Crippen molar-refractivity contribution in [1.82, 2.24) is 5.32 Å². The van der Waals surface area contributed by atoms with Crippen LogP contribution in [0.1, 0.15) is 47.7 Å². The molecule has 0 bridgehead atoms. The molecule has 1 saturated heterocycles. The Morgan fingerprint density at radius 2 is 1.90 bits per heavy atom. The number of fused-ring (bicyclic) bond motifs is 1. The number of hydrogen-bond donors (Lipinski definition) is 1. The first-order chi connectivity index (χ1) is 14.9. The van der Waals surface area contributed by atoms with Crippen LogP contribution >= 0.6 is 23.2 Å². The Kier molecular flexibility index (Phi) is 6.56. The summed E-state index contributed by atoms with van der Waals surface area (Å²) in [7, 11) is 0. The number of nitrogens with zero attached hydrogens (tertiary/aromatic N) is 1. The number of benzene rings is 2. The minimum absolute atomic E-state index is 0.109. The normalized spacial score (nSPS) is 17.3. The zero-order valence-corrected chi connectivity index (χ0v) is 19.1. The molecule has 31 heavy (non-hydrogen) atoms. The number of amides is 2. The van der Waals surface area contributed by atoms with Crippen molar-refractivity contribution in [1.29, 1.82) is 0 Å². The summed E-state index contributed by atoms with van der Waals surface area (Å²) in [5.41, 5.74) is 3.25. The van der Waals surface area contributed by atoms with Gasteiger partial charge in [0.15, 0.2) is 0 Å². The van der Waals surface area contributed by atoms with E-state index in [1.165, 1.54) is 0 Å². The summed E-state index contributed by atoms with van der Waals surface area (Å²) in [6.07, 6.45) is 2.78. The molecule has 4 rings (SSSR count). The molecule has 2 aromatic rings. The van der Waals surface area contributed by atoms with Gasteiger partial charge in [0, 0.05) is 59.4 Å². The molecule has 2 heterocycles. The van der Waals surface area contributed by atoms with Crippen LogP contribution in [-0.4, -0.2) is 38.1 Å². The number of nitrogens with one attached hydrogen (secondary N) is 1. The maximum Gasteiger partial charge on any atom is 0.251 e. The molecule has 2 aliphatic rings. The Morgan fingerprint density at radius 3 is 2.61 bits per heavy atom. The first-order valence-electron chi connectivity index (χ1n) is 10.7. The van der Waals surface area contributed by atoms with Gasteiger partial charge in [0.2, 0.25) is 5.91 Å². The highest BCUT2D eigenvalue weighted by molar-refractivity contribution is 6.35. The van der Waals surface area contributed by atoms with Crippen LogP contribution in [0.25, 0.3) is 0 Å². The standard InChI is InChI=1S/C24H26Cl2N2O3/c1-2-22(29)28-10-7-16-13-17(3-6-21(16)28)23(30)27-15-24(8-11-31-12-9-24)19-5-4-18(25)14-20(19)26/h3-6,13-14H,2,7-12,15H2,1H3,(H,27,30). The van der Waals surface area contributed by atoms with E-state index in [4.69, 9.17) is 27.9 Å². The van der Waals surface area contributed by atoms with Crippen LogP contribution in [0.4, 0.5) is 5.69 Å². The van der Waals surface area contributed by atoms with Crippen LogP contribution in [0, 0.1) is 0 Å². The van der Waals surface area contributed by atoms with Crippen LogP contribution < -0.4 is 10.2 Å². The molecule has 1 fully saturated rings. The number of halogens is 2. The quantitative estimate of drug-likeness (QED) is 0.698. The second-order valence-corrected chi connectivity index (χ2v) is 9.04. The van der Waals surface area contributed by atoms with Gasteiger partial charge in [-0.2, -0.15) is 0 Å². The number of carbonyl (C=O) groups excluding carboxylic acids is 2. The van der Waals surface area contributed by atoms with Gasteiger partial charge in [-0.1, -0.05) is 36.2 Å². The fraction of sp³-hybridized carbons (Fsp3) is 0.417. The molecule has 1 N–H and O–H groups in total. The maximum atomic E-state index is 13.0. The van der Waals surface area contributed by atoms with E-state index < -0.39 is 0 Å². The van der Waals surface area contributed by atoms with Crippen molar-refractivity contribution < 1.29 is 14.3 Å². The zero-order valence-electron chi connectivity index (χ0n) is 17.5. The predicted molar refractivity (Wildman–Crippen MR) is 123 cm³/mol. The molecule has 2 aromatic carbocycles. The van der Waals surface area contributed by atoms with Crippen LogP contribution in [0.2, 0.25) is 10.0 Å². The van der Waals surface area contributed by atoms with Gasteiger partial charge < -0.3 is 15.0 Å². The molecular formula is C24H26Cl2N2O3. The van der Waals surface area contributed by atoms with Crippen molar-refractivity contribution in [2.24, 2.45) is 0 Å². The van der Waals surface area contributed by atoms with E-state index >= 15 is 0 Å². The van der Waals surface area contributed by atoms with Crippen molar-refractivity contribution in [3.05, 3.63) is 63.1 Å². The fourth-order valence-electron chi connectivity index (χ4n) is 4.57. The van der Waals surface area contributed by atoms with Gasteiger partial charge in [0.1, 0.15) is 0 Å². The Morgan fingerprint density at radius 1 is 1.13 bits per heavy atom. The third-order valence-electron chi connectivity index (χ3n) is 6.38. The molecule has 0 aromatic heterocycles. The molecule has 0 aliphatic carbocycles. The van der Waals surface area contributed by atoms with Crippen molar-refractivity contribution >= 4 is 40.7 Å². The Hall–Kier alpha value is -2.08. The van der Waals surface area contributed by atoms with Crippen molar-refractivity contribution in [3.63, 3.8) is 0 Å². The first kappa shape index (κ1) is 22.1. The van der Waals surface area contributed by atoms with Gasteiger partial charge in [-0.05, 0) is 60.7 Å². The van der Waals surface area contributed by atoms with Crippen molar-refractivity contribution in [2.75, 3.05) is 31.2 Å². The largest absolute Gasteiger partial charge is 0.381 e. The van der Waals surface area contributed by atoms with E-state index in [2.05, 4.69) is 5.32 Å². The number of anilines is 1. The summed E-state index contributed by atoms with van der Waals surface area (Å²) in [5.74, 6) is -0.0173. The third kappa shape index (κ3) is 4.45. The van der Waals surface area contributed by atoms with Crippen LogP contribution in [0.5, 0.6) is 0 Å². The fourth-order valence-corrected chi connectivity index (χ4v) is 5.18. The molecule has 2 aliphatic heterocycles. The molecule has 164 valence electrons. The summed E-state index contributed by atoms with van der Waals surface area (Å²) >= 11 is 12.6. The lowest BCUT2D eigenvalue weighted by molar-refractivity contribution is -0.118. The number of hydrogen-bond acceptors (Lipinski definition) is 3. The number of ether oxygens (including phenoxy) is 1. The average Bonchev–Trinajstić information content (AvgIpc) is 3.21. The molecule has 2 amide bonds. The molecule has 0 radical (unpaired) electrons. The van der Waals surface area contributed by atoms with E-state index in [9.17, 15) is 9.59 Å². The van der Waals surface area contributed by atoms with Gasteiger partial charge in [0.05, 0.1) is 0 Å². The second-order valence-electron chi connectivity index (χ2n) is 8.19. The van der Waals surface area contributed by atoms with E-state index in [1.807, 2.05) is 31.2 Å². The third-order valence-corrected chi connectivity index (χ3v) is 6.93. The highest BCUT2D eigenvalue weighted by atomic mass is 35.5. The Balaban J connectivity index is 1.52. The number of carbonyl (C=O) groups is 2. The summed E-state index contributed by atoms with van der Waals surface area (Å²) in [5, 5.41) is 4.32. The summed E-state index contributed by atoms with van der Waals surface area (Å²) in [6.45, 7) is 4.24. The van der Waals surface area contributed by atoms with Gasteiger partial charge in [-0.15, -0.1) is 0 Å². The zero-order chi connectivity index (χ0) is 22.0. The minimum atomic E-state index is -0.295. The summed E-state index contributed by atoms with van der Waals surface area (Å²) < 4.78 is 5.58. The molecule has 0 spiro atoms. The average molecular weight is 461 g/mol. The SMILES string of the molecule is CCC(=O)N1CCc2cc(C(=O)NCC3(c4ccc(Cl)cc4Cl)CCOCC3)ccc21. The van der Waals surface area contributed by atoms with Crippen LogP contribution in [-0.2, 0) is 21.4 Å². The van der Waals surface area contributed by atoms with Gasteiger partial charge >= 0.3 is 0 Å². The lowest BCUT2D eigenvalue weighted by atomic mass is 9.74. The van der Waals surface area contributed by atoms with E-state index in [0.29, 0.717) is 48.3 Å². The Bertz CT molecular complexity index is 1000. The maximum absolute atomic E-state index is 13.0. The van der Waals surface area contributed by atoms with Crippen LogP contribution in [0.15, 0.2) is 36.4 Å². The monoisotopic (exact) mass is 460 g/mol. The molecule has 7 heteroatoms. The van der Waals surface area contributed by atoms with E-state index in [1.54, 1.807) is 17.0 Å². The lowest BCUT2D eigenvalue weighted by Crippen LogP contribution is -2.44. The van der Waals surface area contributed by atoms with E-state index in [0.717, 1.165) is 36.1 Å². The van der Waals surface area contributed by atoms with E-state index in [-0.39, 0.29) is 17.2 Å². The van der Waals surface area contributed by atoms with Gasteiger partial charge in [0.25, 0.3) is 5.91 Å².